The Morgan fingerprint density at radius 3 is 2.47 bits per heavy atom. The van der Waals surface area contributed by atoms with Gasteiger partial charge in [0.15, 0.2) is 0 Å². The molecule has 0 aliphatic carbocycles. The third-order valence-corrected chi connectivity index (χ3v) is 2.38. The monoisotopic (exact) mass is 298 g/mol. The molecule has 0 saturated heterocycles. The van der Waals surface area contributed by atoms with Crippen molar-refractivity contribution in [1.29, 1.82) is 0 Å². The van der Waals surface area contributed by atoms with Crippen molar-refractivity contribution in [2.24, 2.45) is 0 Å². The van der Waals surface area contributed by atoms with Crippen LogP contribution in [0, 0.1) is 0 Å². The van der Waals surface area contributed by atoms with Gasteiger partial charge in [-0.05, 0) is 20.2 Å². The molecule has 0 atom stereocenters. The highest BCUT2D eigenvalue weighted by atomic mass is 35.5. The Labute approximate surface area is 117 Å². The van der Waals surface area contributed by atoms with E-state index in [1.165, 1.54) is 12.1 Å². The lowest BCUT2D eigenvalue weighted by molar-refractivity contribution is -0.275. The fraction of sp³-hybridized carbons (Fsp3) is 0.500. The summed E-state index contributed by atoms with van der Waals surface area (Å²) in [5.41, 5.74) is 0.522. The van der Waals surface area contributed by atoms with E-state index in [-0.39, 0.29) is 18.2 Å². The van der Waals surface area contributed by atoms with Gasteiger partial charge in [-0.15, -0.1) is 25.6 Å². The quantitative estimate of drug-likeness (QED) is 0.874. The second-order valence-electron chi connectivity index (χ2n) is 4.00. The molecule has 3 nitrogen and oxygen atoms in total. The van der Waals surface area contributed by atoms with Gasteiger partial charge >= 0.3 is 6.36 Å². The molecule has 1 aromatic carbocycles. The van der Waals surface area contributed by atoms with Gasteiger partial charge in [0, 0.05) is 25.2 Å². The predicted molar refractivity (Wildman–Crippen MR) is 70.6 cm³/mol. The normalized spacial score (nSPS) is 11.3. The third kappa shape index (κ3) is 7.25. The summed E-state index contributed by atoms with van der Waals surface area (Å²) in [5, 5.41) is 2.98. The van der Waals surface area contributed by atoms with Crippen molar-refractivity contribution in [3.63, 3.8) is 0 Å². The van der Waals surface area contributed by atoms with Crippen LogP contribution in [0.25, 0.3) is 0 Å². The zero-order valence-corrected chi connectivity index (χ0v) is 11.6. The zero-order chi connectivity index (χ0) is 13.6. The van der Waals surface area contributed by atoms with Crippen LogP contribution in [0.1, 0.15) is 5.56 Å². The third-order valence-electron chi connectivity index (χ3n) is 2.38. The van der Waals surface area contributed by atoms with Crippen LogP contribution < -0.4 is 10.1 Å². The second-order valence-corrected chi connectivity index (χ2v) is 4.00. The highest BCUT2D eigenvalue weighted by Gasteiger charge is 2.31. The van der Waals surface area contributed by atoms with Gasteiger partial charge in [0.2, 0.25) is 0 Å². The number of benzene rings is 1. The van der Waals surface area contributed by atoms with Crippen LogP contribution in [-0.2, 0) is 6.54 Å². The summed E-state index contributed by atoms with van der Waals surface area (Å²) in [7, 11) is 3.68. The molecular formula is C12H18ClF3N2O. The SMILES string of the molecule is CNCCN(C)Cc1ccccc1OC(F)(F)F.Cl. The first kappa shape index (κ1) is 18.0. The summed E-state index contributed by atoms with van der Waals surface area (Å²) >= 11 is 0. The fourth-order valence-corrected chi connectivity index (χ4v) is 1.53. The summed E-state index contributed by atoms with van der Waals surface area (Å²) in [6, 6.07) is 6.19. The molecule has 0 unspecified atom stereocenters. The van der Waals surface area contributed by atoms with Crippen LogP contribution in [0.4, 0.5) is 13.2 Å². The molecule has 7 heteroatoms. The van der Waals surface area contributed by atoms with Crippen LogP contribution >= 0.6 is 12.4 Å². The summed E-state index contributed by atoms with van der Waals surface area (Å²) in [6.07, 6.45) is -4.65. The predicted octanol–water partition coefficient (Wildman–Crippen LogP) is 2.66. The Balaban J connectivity index is 0.00000324. The maximum Gasteiger partial charge on any atom is 0.573 e. The van der Waals surface area contributed by atoms with Gasteiger partial charge in [0.05, 0.1) is 0 Å². The molecule has 0 aliphatic rings. The summed E-state index contributed by atoms with van der Waals surface area (Å²) in [6.45, 7) is 1.93. The molecule has 1 aromatic rings. The summed E-state index contributed by atoms with van der Waals surface area (Å²) < 4.78 is 40.6. The highest BCUT2D eigenvalue weighted by molar-refractivity contribution is 5.85. The lowest BCUT2D eigenvalue weighted by Crippen LogP contribution is -2.27. The van der Waals surface area contributed by atoms with E-state index in [0.29, 0.717) is 12.1 Å². The molecule has 0 bridgehead atoms. The molecule has 110 valence electrons. The fourth-order valence-electron chi connectivity index (χ4n) is 1.53. The molecule has 0 fully saturated rings. The number of para-hydroxylation sites is 1. The molecule has 0 aromatic heterocycles. The van der Waals surface area contributed by atoms with Crippen molar-refractivity contribution in [3.8, 4) is 5.75 Å². The van der Waals surface area contributed by atoms with Crippen molar-refractivity contribution in [2.45, 2.75) is 12.9 Å². The van der Waals surface area contributed by atoms with Crippen molar-refractivity contribution in [2.75, 3.05) is 27.2 Å². The Hall–Kier alpha value is -0.980. The highest BCUT2D eigenvalue weighted by Crippen LogP contribution is 2.26. The molecule has 1 N–H and O–H groups in total. The molecule has 0 radical (unpaired) electrons. The second kappa shape index (κ2) is 8.24. The van der Waals surface area contributed by atoms with Crippen LogP contribution in [-0.4, -0.2) is 38.4 Å². The number of rotatable bonds is 6. The van der Waals surface area contributed by atoms with Crippen molar-refractivity contribution in [3.05, 3.63) is 29.8 Å². The first-order valence-corrected chi connectivity index (χ1v) is 5.59. The first-order chi connectivity index (χ1) is 8.42. The average molecular weight is 299 g/mol. The van der Waals surface area contributed by atoms with Gasteiger partial charge in [-0.3, -0.25) is 0 Å². The van der Waals surface area contributed by atoms with Gasteiger partial charge in [-0.1, -0.05) is 18.2 Å². The minimum atomic E-state index is -4.65. The van der Waals surface area contributed by atoms with E-state index in [2.05, 4.69) is 10.1 Å². The maximum absolute atomic E-state index is 12.2. The Morgan fingerprint density at radius 2 is 1.89 bits per heavy atom. The lowest BCUT2D eigenvalue weighted by atomic mass is 10.2. The molecule has 0 aliphatic heterocycles. The van der Waals surface area contributed by atoms with E-state index in [1.807, 2.05) is 19.0 Å². The van der Waals surface area contributed by atoms with E-state index in [9.17, 15) is 13.2 Å². The number of nitrogens with one attached hydrogen (secondary N) is 1. The number of hydrogen-bond acceptors (Lipinski definition) is 3. The minimum Gasteiger partial charge on any atom is -0.405 e. The zero-order valence-electron chi connectivity index (χ0n) is 10.8. The lowest BCUT2D eigenvalue weighted by Gasteiger charge is -2.19. The van der Waals surface area contributed by atoms with Gasteiger partial charge in [-0.25, -0.2) is 0 Å². The van der Waals surface area contributed by atoms with Crippen LogP contribution in [0.15, 0.2) is 24.3 Å². The summed E-state index contributed by atoms with van der Waals surface area (Å²) in [4.78, 5) is 1.93. The van der Waals surface area contributed by atoms with Gasteiger partial charge < -0.3 is 15.0 Å². The number of halogens is 4. The standard InChI is InChI=1S/C12H17F3N2O.ClH/c1-16-7-8-17(2)9-10-5-3-4-6-11(10)18-12(13,14)15;/h3-6,16H,7-9H2,1-2H3;1H. The van der Waals surface area contributed by atoms with Crippen molar-refractivity contribution < 1.29 is 17.9 Å². The largest absolute Gasteiger partial charge is 0.573 e. The number of alkyl halides is 3. The van der Waals surface area contributed by atoms with Gasteiger partial charge in [0.25, 0.3) is 0 Å². The van der Waals surface area contributed by atoms with Crippen molar-refractivity contribution >= 4 is 12.4 Å². The van der Waals surface area contributed by atoms with Crippen molar-refractivity contribution in [1.82, 2.24) is 10.2 Å². The van der Waals surface area contributed by atoms with Crippen LogP contribution in [0.3, 0.4) is 0 Å². The first-order valence-electron chi connectivity index (χ1n) is 5.59. The Bertz CT molecular complexity index is 374. The molecular weight excluding hydrogens is 281 g/mol. The maximum atomic E-state index is 12.2. The van der Waals surface area contributed by atoms with E-state index in [0.717, 1.165) is 13.1 Å². The smallest absolute Gasteiger partial charge is 0.405 e. The average Bonchev–Trinajstić information content (AvgIpc) is 2.27. The van der Waals surface area contributed by atoms with Gasteiger partial charge in [-0.2, -0.15) is 0 Å². The van der Waals surface area contributed by atoms with Gasteiger partial charge in [0.1, 0.15) is 5.75 Å². The van der Waals surface area contributed by atoms with E-state index >= 15 is 0 Å². The Kier molecular flexibility index (Phi) is 7.82. The number of likely N-dealkylation sites (N-methyl/N-ethyl adjacent to an activating group) is 2. The van der Waals surface area contributed by atoms with Crippen LogP contribution in [0.5, 0.6) is 5.75 Å². The van der Waals surface area contributed by atoms with Crippen LogP contribution in [0.2, 0.25) is 0 Å². The topological polar surface area (TPSA) is 24.5 Å². The minimum absolute atomic E-state index is 0. The van der Waals surface area contributed by atoms with E-state index in [1.54, 1.807) is 12.1 Å². The molecule has 0 spiro atoms. The summed E-state index contributed by atoms with van der Waals surface area (Å²) in [5.74, 6) is -0.138. The molecule has 0 amide bonds. The number of ether oxygens (including phenoxy) is 1. The Morgan fingerprint density at radius 1 is 1.26 bits per heavy atom. The van der Waals surface area contributed by atoms with E-state index in [4.69, 9.17) is 0 Å². The molecule has 0 heterocycles. The molecule has 0 saturated carbocycles. The number of nitrogens with zero attached hydrogens (tertiary/aromatic N) is 1. The molecule has 19 heavy (non-hydrogen) atoms. The molecule has 1 rings (SSSR count). The van der Waals surface area contributed by atoms with E-state index < -0.39 is 6.36 Å². The number of hydrogen-bond donors (Lipinski definition) is 1.